The second-order valence-corrected chi connectivity index (χ2v) is 12.6. The zero-order valence-corrected chi connectivity index (χ0v) is 26.7. The van der Waals surface area contributed by atoms with Crippen LogP contribution in [0.4, 0.5) is 18.9 Å². The number of anilines is 1. The number of ketones is 1. The van der Waals surface area contributed by atoms with Gasteiger partial charge in [-0.3, -0.25) is 14.4 Å². The molecule has 6 aromatic rings. The van der Waals surface area contributed by atoms with Crippen LogP contribution < -0.4 is 5.32 Å². The number of halogens is 3. The standard InChI is InChI=1S/C38H28F3N3O4S/c39-38(40,41)26-16-14-23(15-17-26)27-10-4-5-11-28(27)37(47)44-20-18-25(19-21-44)36-42-30(22-49-36)35(46)43-32-29-12-6-7-13-31(29)48-34(32)33(45)24-8-2-1-3-9-24/h1-17,22,25H,18-21H2,(H,43,46). The van der Waals surface area contributed by atoms with E-state index in [-0.39, 0.29) is 34.7 Å². The number of amides is 2. The molecule has 2 amide bonds. The molecule has 1 saturated heterocycles. The Hall–Kier alpha value is -5.55. The summed E-state index contributed by atoms with van der Waals surface area (Å²) >= 11 is 1.37. The van der Waals surface area contributed by atoms with Gasteiger partial charge in [-0.05, 0) is 54.3 Å². The van der Waals surface area contributed by atoms with Gasteiger partial charge in [-0.15, -0.1) is 11.3 Å². The quantitative estimate of drug-likeness (QED) is 0.170. The number of nitrogens with zero attached hydrogens (tertiary/aromatic N) is 2. The first-order chi connectivity index (χ1) is 23.7. The summed E-state index contributed by atoms with van der Waals surface area (Å²) in [6.45, 7) is 0.913. The van der Waals surface area contributed by atoms with Crippen molar-refractivity contribution in [2.24, 2.45) is 0 Å². The Bertz CT molecular complexity index is 2170. The second kappa shape index (κ2) is 13.2. The first-order valence-electron chi connectivity index (χ1n) is 15.6. The van der Waals surface area contributed by atoms with Crippen molar-refractivity contribution in [1.29, 1.82) is 0 Å². The average Bonchev–Trinajstić information content (AvgIpc) is 3.77. The van der Waals surface area contributed by atoms with E-state index in [1.807, 2.05) is 6.07 Å². The lowest BCUT2D eigenvalue weighted by Crippen LogP contribution is -2.38. The third kappa shape index (κ3) is 6.49. The van der Waals surface area contributed by atoms with Crippen LogP contribution in [0, 0.1) is 0 Å². The summed E-state index contributed by atoms with van der Waals surface area (Å²) in [4.78, 5) is 46.8. The topological polar surface area (TPSA) is 92.5 Å². The van der Waals surface area contributed by atoms with Gasteiger partial charge in [0.25, 0.3) is 11.8 Å². The minimum Gasteiger partial charge on any atom is -0.450 e. The smallest absolute Gasteiger partial charge is 0.416 e. The van der Waals surface area contributed by atoms with Gasteiger partial charge in [0.05, 0.1) is 16.3 Å². The molecule has 1 aliphatic heterocycles. The largest absolute Gasteiger partial charge is 0.450 e. The van der Waals surface area contributed by atoms with E-state index in [0.717, 1.165) is 17.1 Å². The Balaban J connectivity index is 1.03. The summed E-state index contributed by atoms with van der Waals surface area (Å²) in [5.41, 5.74) is 2.17. The monoisotopic (exact) mass is 679 g/mol. The molecular formula is C38H28F3N3O4S. The fraction of sp³-hybridized carbons (Fsp3) is 0.158. The van der Waals surface area contributed by atoms with Crippen molar-refractivity contribution >= 4 is 45.6 Å². The molecule has 7 rings (SSSR count). The highest BCUT2D eigenvalue weighted by atomic mass is 32.1. The number of piperidine rings is 1. The number of likely N-dealkylation sites (tertiary alicyclic amines) is 1. The van der Waals surface area contributed by atoms with E-state index >= 15 is 0 Å². The van der Waals surface area contributed by atoms with Crippen molar-refractivity contribution < 1.29 is 32.0 Å². The van der Waals surface area contributed by atoms with Gasteiger partial charge in [-0.25, -0.2) is 4.98 Å². The predicted molar refractivity (Wildman–Crippen MR) is 181 cm³/mol. The van der Waals surface area contributed by atoms with Crippen molar-refractivity contribution in [2.45, 2.75) is 24.9 Å². The molecule has 3 heterocycles. The van der Waals surface area contributed by atoms with Gasteiger partial charge >= 0.3 is 6.18 Å². The molecular weight excluding hydrogens is 651 g/mol. The molecule has 246 valence electrons. The van der Waals surface area contributed by atoms with Gasteiger partial charge in [-0.2, -0.15) is 13.2 Å². The summed E-state index contributed by atoms with van der Waals surface area (Å²) in [5.74, 6) is -0.946. The normalized spacial score (nSPS) is 13.8. The second-order valence-electron chi connectivity index (χ2n) is 11.7. The van der Waals surface area contributed by atoms with Crippen molar-refractivity contribution in [3.8, 4) is 11.1 Å². The van der Waals surface area contributed by atoms with E-state index in [4.69, 9.17) is 4.42 Å². The maximum atomic E-state index is 13.6. The van der Waals surface area contributed by atoms with Crippen LogP contribution in [0.5, 0.6) is 0 Å². The highest BCUT2D eigenvalue weighted by molar-refractivity contribution is 7.10. The molecule has 0 bridgehead atoms. The van der Waals surface area contributed by atoms with E-state index in [1.54, 1.807) is 83.1 Å². The van der Waals surface area contributed by atoms with Crippen LogP contribution in [0.2, 0.25) is 0 Å². The molecule has 11 heteroatoms. The number of nitrogens with one attached hydrogen (secondary N) is 1. The number of para-hydroxylation sites is 1. The number of hydrogen-bond donors (Lipinski definition) is 1. The molecule has 4 aromatic carbocycles. The first kappa shape index (κ1) is 32.0. The molecule has 0 unspecified atom stereocenters. The Morgan fingerprint density at radius 3 is 2.24 bits per heavy atom. The molecule has 1 aliphatic rings. The van der Waals surface area contributed by atoms with Gasteiger partial charge in [0.1, 0.15) is 11.3 Å². The summed E-state index contributed by atoms with van der Waals surface area (Å²) in [7, 11) is 0. The molecule has 1 N–H and O–H groups in total. The number of thiazole rings is 1. The third-order valence-electron chi connectivity index (χ3n) is 8.64. The maximum absolute atomic E-state index is 13.6. The predicted octanol–water partition coefficient (Wildman–Crippen LogP) is 9.08. The van der Waals surface area contributed by atoms with E-state index in [0.29, 0.717) is 59.2 Å². The Labute approximate surface area is 283 Å². The molecule has 0 saturated carbocycles. The van der Waals surface area contributed by atoms with E-state index in [9.17, 15) is 27.6 Å². The molecule has 0 atom stereocenters. The number of fused-ring (bicyclic) bond motifs is 1. The first-order valence-corrected chi connectivity index (χ1v) is 16.5. The fourth-order valence-corrected chi connectivity index (χ4v) is 7.04. The van der Waals surface area contributed by atoms with Crippen LogP contribution in [-0.4, -0.2) is 40.6 Å². The number of carbonyl (C=O) groups excluding carboxylic acids is 3. The maximum Gasteiger partial charge on any atom is 0.416 e. The van der Waals surface area contributed by atoms with Crippen LogP contribution in [0.1, 0.15) is 66.3 Å². The minimum atomic E-state index is -4.44. The van der Waals surface area contributed by atoms with Crippen LogP contribution in [-0.2, 0) is 6.18 Å². The molecule has 1 fully saturated rings. The Morgan fingerprint density at radius 1 is 0.837 bits per heavy atom. The van der Waals surface area contributed by atoms with E-state index in [1.165, 1.54) is 23.5 Å². The zero-order valence-electron chi connectivity index (χ0n) is 25.9. The molecule has 49 heavy (non-hydrogen) atoms. The van der Waals surface area contributed by atoms with Gasteiger partial charge < -0.3 is 14.6 Å². The highest BCUT2D eigenvalue weighted by Gasteiger charge is 2.31. The van der Waals surface area contributed by atoms with Gasteiger partial charge in [0.15, 0.2) is 5.76 Å². The van der Waals surface area contributed by atoms with Gasteiger partial charge in [0.2, 0.25) is 5.78 Å². The lowest BCUT2D eigenvalue weighted by molar-refractivity contribution is -0.137. The molecule has 0 aliphatic carbocycles. The summed E-state index contributed by atoms with van der Waals surface area (Å²) < 4.78 is 45.2. The lowest BCUT2D eigenvalue weighted by atomic mass is 9.94. The van der Waals surface area contributed by atoms with Crippen LogP contribution >= 0.6 is 11.3 Å². The molecule has 2 aromatic heterocycles. The number of benzene rings is 4. The number of aromatic nitrogens is 1. The third-order valence-corrected chi connectivity index (χ3v) is 9.65. The highest BCUT2D eigenvalue weighted by Crippen LogP contribution is 2.36. The lowest BCUT2D eigenvalue weighted by Gasteiger charge is -2.31. The minimum absolute atomic E-state index is 0.0331. The van der Waals surface area contributed by atoms with Crippen molar-refractivity contribution in [3.63, 3.8) is 0 Å². The number of alkyl halides is 3. The molecule has 7 nitrogen and oxygen atoms in total. The Morgan fingerprint density at radius 2 is 1.51 bits per heavy atom. The van der Waals surface area contributed by atoms with Crippen LogP contribution in [0.15, 0.2) is 113 Å². The SMILES string of the molecule is O=C(Nc1c(C(=O)c2ccccc2)oc2ccccc12)c1csc(C2CCN(C(=O)c3ccccc3-c3ccc(C(F)(F)F)cc3)CC2)n1. The molecule has 0 spiro atoms. The average molecular weight is 680 g/mol. The van der Waals surface area contributed by atoms with E-state index in [2.05, 4.69) is 10.3 Å². The van der Waals surface area contributed by atoms with Gasteiger partial charge in [-0.1, -0.05) is 72.8 Å². The zero-order chi connectivity index (χ0) is 34.1. The van der Waals surface area contributed by atoms with Crippen LogP contribution in [0.3, 0.4) is 0 Å². The van der Waals surface area contributed by atoms with Gasteiger partial charge in [0, 0.05) is 40.9 Å². The number of furan rings is 1. The summed E-state index contributed by atoms with van der Waals surface area (Å²) in [6.07, 6.45) is -3.18. The van der Waals surface area contributed by atoms with Crippen molar-refractivity contribution in [1.82, 2.24) is 9.88 Å². The number of carbonyl (C=O) groups is 3. The van der Waals surface area contributed by atoms with Crippen molar-refractivity contribution in [2.75, 3.05) is 18.4 Å². The fourth-order valence-electron chi connectivity index (χ4n) is 6.07. The van der Waals surface area contributed by atoms with Crippen LogP contribution in [0.25, 0.3) is 22.1 Å². The van der Waals surface area contributed by atoms with E-state index < -0.39 is 17.6 Å². The summed E-state index contributed by atoms with van der Waals surface area (Å²) in [6, 6.07) is 27.5. The molecule has 0 radical (unpaired) electrons. The Kier molecular flexibility index (Phi) is 8.60. The number of hydrogen-bond acceptors (Lipinski definition) is 6. The van der Waals surface area contributed by atoms with Crippen molar-refractivity contribution in [3.05, 3.63) is 142 Å². The number of rotatable bonds is 7. The summed E-state index contributed by atoms with van der Waals surface area (Å²) in [5, 5.41) is 5.93.